The number of fused-ring (bicyclic) bond motifs is 1. The zero-order valence-electron chi connectivity index (χ0n) is 23.3. The first-order valence-electron chi connectivity index (χ1n) is 13.7. The van der Waals surface area contributed by atoms with Gasteiger partial charge in [0.2, 0.25) is 0 Å². The number of morpholine rings is 1. The molecule has 1 aliphatic heterocycles. The molecule has 0 atom stereocenters. The molecule has 1 fully saturated rings. The number of benzene rings is 3. The molecule has 220 valence electrons. The average Bonchev–Trinajstić information content (AvgIpc) is 3.02. The van der Waals surface area contributed by atoms with Crippen molar-refractivity contribution in [3.05, 3.63) is 83.4 Å². The molecule has 11 heteroatoms. The Morgan fingerprint density at radius 2 is 1.86 bits per heavy atom. The van der Waals surface area contributed by atoms with E-state index >= 15 is 0 Å². The molecular formula is C31H32ClFN4O5. The molecule has 0 bridgehead atoms. The fourth-order valence-corrected chi connectivity index (χ4v) is 4.87. The van der Waals surface area contributed by atoms with Crippen molar-refractivity contribution in [1.29, 1.82) is 0 Å². The van der Waals surface area contributed by atoms with Gasteiger partial charge in [-0.25, -0.2) is 24.1 Å². The number of hydrogen-bond donors (Lipinski definition) is 0. The van der Waals surface area contributed by atoms with Crippen molar-refractivity contribution in [3.8, 4) is 11.5 Å². The number of aromatic nitrogens is 2. The monoisotopic (exact) mass is 594 g/mol. The fourth-order valence-electron chi connectivity index (χ4n) is 4.70. The Balaban J connectivity index is 1.42. The van der Waals surface area contributed by atoms with Crippen molar-refractivity contribution in [2.24, 2.45) is 0 Å². The molecule has 0 spiro atoms. The molecular weight excluding hydrogens is 563 g/mol. The van der Waals surface area contributed by atoms with Crippen LogP contribution in [0, 0.1) is 5.82 Å². The van der Waals surface area contributed by atoms with E-state index in [1.165, 1.54) is 29.4 Å². The van der Waals surface area contributed by atoms with Gasteiger partial charge in [0.05, 0.1) is 49.8 Å². The van der Waals surface area contributed by atoms with Gasteiger partial charge in [-0.15, -0.1) is 0 Å². The second-order valence-electron chi connectivity index (χ2n) is 9.66. The van der Waals surface area contributed by atoms with Crippen molar-refractivity contribution in [1.82, 2.24) is 14.9 Å². The number of carbonyl (C=O) groups is 1. The molecule has 1 amide bonds. The van der Waals surface area contributed by atoms with Crippen LogP contribution in [0.2, 0.25) is 5.02 Å². The van der Waals surface area contributed by atoms with Gasteiger partial charge in [0, 0.05) is 37.5 Å². The molecule has 0 aliphatic carbocycles. The molecule has 4 aromatic rings. The van der Waals surface area contributed by atoms with Crippen molar-refractivity contribution < 1.29 is 28.1 Å². The summed E-state index contributed by atoms with van der Waals surface area (Å²) in [6.07, 6.45) is 1.98. The van der Waals surface area contributed by atoms with Gasteiger partial charge < -0.3 is 18.9 Å². The largest absolute Gasteiger partial charge is 0.493 e. The summed E-state index contributed by atoms with van der Waals surface area (Å²) in [5.74, 6) is 0.606. The van der Waals surface area contributed by atoms with E-state index in [1.54, 1.807) is 19.2 Å². The highest BCUT2D eigenvalue weighted by molar-refractivity contribution is 6.31. The summed E-state index contributed by atoms with van der Waals surface area (Å²) < 4.78 is 36.9. The van der Waals surface area contributed by atoms with Crippen molar-refractivity contribution in [3.63, 3.8) is 0 Å². The second kappa shape index (κ2) is 14.3. The maximum Gasteiger partial charge on any atom is 0.420 e. The van der Waals surface area contributed by atoms with Crippen molar-refractivity contribution >= 4 is 40.1 Å². The smallest absolute Gasteiger partial charge is 0.420 e. The van der Waals surface area contributed by atoms with Crippen LogP contribution in [0.15, 0.2) is 67.0 Å². The lowest BCUT2D eigenvalue weighted by Gasteiger charge is -2.26. The van der Waals surface area contributed by atoms with Crippen LogP contribution in [-0.4, -0.2) is 74.1 Å². The summed E-state index contributed by atoms with van der Waals surface area (Å²) in [6.45, 7) is 4.78. The number of halogens is 2. The highest BCUT2D eigenvalue weighted by Crippen LogP contribution is 2.38. The number of amides is 1. The minimum Gasteiger partial charge on any atom is -0.493 e. The van der Waals surface area contributed by atoms with E-state index in [1.807, 2.05) is 30.3 Å². The number of rotatable bonds is 11. The quantitative estimate of drug-likeness (QED) is 0.194. The van der Waals surface area contributed by atoms with Crippen LogP contribution in [0.3, 0.4) is 0 Å². The van der Waals surface area contributed by atoms with Crippen LogP contribution in [0.1, 0.15) is 12.0 Å². The van der Waals surface area contributed by atoms with Crippen LogP contribution in [0.4, 0.5) is 20.7 Å². The number of nitrogens with zero attached hydrogens (tertiary/aromatic N) is 4. The lowest BCUT2D eigenvalue weighted by Crippen LogP contribution is -2.37. The SMILES string of the molecule is COc1cc2ncnc(N(C(=O)OCCc3ccccc3)c3ccc(F)c(Cl)c3)c2cc1OCCCN1CCOCC1. The number of hydrogen-bond acceptors (Lipinski definition) is 8. The maximum atomic E-state index is 14.1. The van der Waals surface area contributed by atoms with Gasteiger partial charge in [-0.2, -0.15) is 0 Å². The minimum absolute atomic E-state index is 0.128. The Morgan fingerprint density at radius 3 is 2.62 bits per heavy atom. The molecule has 5 rings (SSSR count). The molecule has 0 N–H and O–H groups in total. The predicted molar refractivity (Wildman–Crippen MR) is 159 cm³/mol. The number of ether oxygens (including phenoxy) is 4. The van der Waals surface area contributed by atoms with Gasteiger partial charge in [0.1, 0.15) is 12.1 Å². The Morgan fingerprint density at radius 1 is 1.05 bits per heavy atom. The molecule has 42 heavy (non-hydrogen) atoms. The summed E-state index contributed by atoms with van der Waals surface area (Å²) in [7, 11) is 1.56. The van der Waals surface area contributed by atoms with Crippen LogP contribution in [-0.2, 0) is 15.9 Å². The molecule has 0 saturated carbocycles. The molecule has 0 radical (unpaired) electrons. The van der Waals surface area contributed by atoms with Gasteiger partial charge in [0.15, 0.2) is 17.3 Å². The third-order valence-corrected chi connectivity index (χ3v) is 7.18. The molecule has 1 aliphatic rings. The van der Waals surface area contributed by atoms with E-state index in [4.69, 9.17) is 30.5 Å². The first-order valence-corrected chi connectivity index (χ1v) is 14.1. The third kappa shape index (κ3) is 7.25. The standard InChI is InChI=1S/C31H32ClFN4O5/c1-39-28-20-27-24(19-29(28)41-14-5-11-36-12-16-40-17-13-36)30(35-21-34-27)37(23-8-9-26(33)25(32)18-23)31(38)42-15-10-22-6-3-2-4-7-22/h2-4,6-9,18-21H,5,10-17H2,1H3. The summed E-state index contributed by atoms with van der Waals surface area (Å²) in [5, 5.41) is 0.376. The van der Waals surface area contributed by atoms with Gasteiger partial charge in [0.25, 0.3) is 0 Å². The molecule has 3 aromatic carbocycles. The Kier molecular flexibility index (Phi) is 10.0. The van der Waals surface area contributed by atoms with E-state index in [0.717, 1.165) is 44.8 Å². The van der Waals surface area contributed by atoms with E-state index < -0.39 is 11.9 Å². The van der Waals surface area contributed by atoms with Crippen LogP contribution in [0.25, 0.3) is 10.9 Å². The van der Waals surface area contributed by atoms with Crippen LogP contribution < -0.4 is 14.4 Å². The zero-order valence-corrected chi connectivity index (χ0v) is 24.1. The number of methoxy groups -OCH3 is 1. The van der Waals surface area contributed by atoms with Gasteiger partial charge >= 0.3 is 6.09 Å². The van der Waals surface area contributed by atoms with Crippen molar-refractivity contribution in [2.45, 2.75) is 12.8 Å². The number of carbonyl (C=O) groups excluding carboxylic acids is 1. The summed E-state index contributed by atoms with van der Waals surface area (Å²) in [4.78, 5) is 26.0. The fraction of sp³-hybridized carbons (Fsp3) is 0.323. The Hall–Kier alpha value is -3.99. The Labute approximate surface area is 248 Å². The molecule has 1 aromatic heterocycles. The topological polar surface area (TPSA) is 86.3 Å². The normalized spacial score (nSPS) is 13.6. The first-order chi connectivity index (χ1) is 20.5. The molecule has 2 heterocycles. The van der Waals surface area contributed by atoms with E-state index in [-0.39, 0.29) is 23.1 Å². The van der Waals surface area contributed by atoms with Crippen LogP contribution in [0.5, 0.6) is 11.5 Å². The zero-order chi connectivity index (χ0) is 29.3. The van der Waals surface area contributed by atoms with Crippen molar-refractivity contribution in [2.75, 3.05) is 58.1 Å². The second-order valence-corrected chi connectivity index (χ2v) is 10.1. The first kappa shape index (κ1) is 29.5. The lowest BCUT2D eigenvalue weighted by atomic mass is 10.2. The average molecular weight is 595 g/mol. The predicted octanol–water partition coefficient (Wildman–Crippen LogP) is 6.05. The Bertz CT molecular complexity index is 1500. The molecule has 9 nitrogen and oxygen atoms in total. The maximum absolute atomic E-state index is 14.1. The van der Waals surface area contributed by atoms with E-state index in [2.05, 4.69) is 14.9 Å². The highest BCUT2D eigenvalue weighted by atomic mass is 35.5. The van der Waals surface area contributed by atoms with Gasteiger partial charge in [-0.1, -0.05) is 41.9 Å². The van der Waals surface area contributed by atoms with E-state index in [9.17, 15) is 9.18 Å². The van der Waals surface area contributed by atoms with Gasteiger partial charge in [-0.05, 0) is 36.2 Å². The summed E-state index contributed by atoms with van der Waals surface area (Å²) in [5.41, 5.74) is 1.83. The molecule has 0 unspecified atom stereocenters. The molecule has 1 saturated heterocycles. The van der Waals surface area contributed by atoms with E-state index in [0.29, 0.717) is 35.4 Å². The van der Waals surface area contributed by atoms with Crippen LogP contribution >= 0.6 is 11.6 Å². The minimum atomic E-state index is -0.697. The summed E-state index contributed by atoms with van der Waals surface area (Å²) in [6, 6.07) is 17.2. The highest BCUT2D eigenvalue weighted by Gasteiger charge is 2.25. The van der Waals surface area contributed by atoms with Gasteiger partial charge in [-0.3, -0.25) is 4.90 Å². The lowest BCUT2D eigenvalue weighted by molar-refractivity contribution is 0.0357. The number of anilines is 2. The summed E-state index contributed by atoms with van der Waals surface area (Å²) >= 11 is 6.11. The third-order valence-electron chi connectivity index (χ3n) is 6.89.